The first-order valence-electron chi connectivity index (χ1n) is 6.45. The second-order valence-corrected chi connectivity index (χ2v) is 4.72. The first-order chi connectivity index (χ1) is 9.01. The molecular formula is C12H20N2O5. The molecule has 108 valence electrons. The third-order valence-corrected chi connectivity index (χ3v) is 3.55. The molecule has 0 spiro atoms. The number of nitrogens with zero attached hydrogens (tertiary/aromatic N) is 1. The molecule has 0 aromatic heterocycles. The van der Waals surface area contributed by atoms with Crippen LogP contribution in [0.4, 0.5) is 0 Å². The number of hydrogen-bond acceptors (Lipinski definition) is 4. The lowest BCUT2D eigenvalue weighted by molar-refractivity contribution is -0.153. The Labute approximate surface area is 111 Å². The summed E-state index contributed by atoms with van der Waals surface area (Å²) >= 11 is 0. The summed E-state index contributed by atoms with van der Waals surface area (Å²) in [6.07, 6.45) is 2.66. The molecule has 0 unspecified atom stereocenters. The van der Waals surface area contributed by atoms with Crippen molar-refractivity contribution in [2.24, 2.45) is 11.8 Å². The number of hydroxylamine groups is 1. The molecule has 1 fully saturated rings. The maximum atomic E-state index is 12.3. The highest BCUT2D eigenvalue weighted by molar-refractivity contribution is 5.88. The van der Waals surface area contributed by atoms with Crippen molar-refractivity contribution in [1.82, 2.24) is 10.4 Å². The van der Waals surface area contributed by atoms with Crippen LogP contribution < -0.4 is 5.48 Å². The molecule has 3 N–H and O–H groups in total. The molecule has 0 aromatic rings. The van der Waals surface area contributed by atoms with Gasteiger partial charge in [-0.1, -0.05) is 12.8 Å². The van der Waals surface area contributed by atoms with E-state index >= 15 is 0 Å². The van der Waals surface area contributed by atoms with Gasteiger partial charge in [-0.05, 0) is 19.8 Å². The van der Waals surface area contributed by atoms with Crippen molar-refractivity contribution >= 4 is 17.8 Å². The van der Waals surface area contributed by atoms with Gasteiger partial charge in [-0.15, -0.1) is 0 Å². The molecule has 1 aliphatic carbocycles. The zero-order valence-corrected chi connectivity index (χ0v) is 11.0. The van der Waals surface area contributed by atoms with Gasteiger partial charge in [0, 0.05) is 6.54 Å². The van der Waals surface area contributed by atoms with Gasteiger partial charge in [0.15, 0.2) is 0 Å². The van der Waals surface area contributed by atoms with Crippen molar-refractivity contribution in [2.75, 3.05) is 13.1 Å². The Morgan fingerprint density at radius 2 is 1.79 bits per heavy atom. The molecule has 0 aromatic carbocycles. The maximum Gasteiger partial charge on any atom is 0.307 e. The Kier molecular flexibility index (Phi) is 5.75. The van der Waals surface area contributed by atoms with Gasteiger partial charge in [0.05, 0.1) is 11.8 Å². The number of nitrogens with one attached hydrogen (secondary N) is 1. The lowest BCUT2D eigenvalue weighted by atomic mass is 9.78. The first-order valence-corrected chi connectivity index (χ1v) is 6.45. The zero-order chi connectivity index (χ0) is 14.4. The van der Waals surface area contributed by atoms with E-state index in [2.05, 4.69) is 0 Å². The minimum absolute atomic E-state index is 0.255. The van der Waals surface area contributed by atoms with Gasteiger partial charge in [0.1, 0.15) is 6.54 Å². The number of hydrogen-bond donors (Lipinski definition) is 3. The van der Waals surface area contributed by atoms with Gasteiger partial charge in [-0.3, -0.25) is 19.6 Å². The number of carboxylic acid groups (broad SMARTS) is 1. The fourth-order valence-electron chi connectivity index (χ4n) is 2.51. The van der Waals surface area contributed by atoms with Crippen LogP contribution in [0.15, 0.2) is 0 Å². The van der Waals surface area contributed by atoms with Crippen LogP contribution in [0.1, 0.15) is 32.6 Å². The monoisotopic (exact) mass is 272 g/mol. The number of carboxylic acids is 1. The molecule has 7 heteroatoms. The summed E-state index contributed by atoms with van der Waals surface area (Å²) in [5, 5.41) is 17.6. The van der Waals surface area contributed by atoms with Crippen molar-refractivity contribution in [3.05, 3.63) is 0 Å². The number of likely N-dealkylation sites (N-methyl/N-ethyl adjacent to an activating group) is 1. The summed E-state index contributed by atoms with van der Waals surface area (Å²) < 4.78 is 0. The molecule has 7 nitrogen and oxygen atoms in total. The minimum Gasteiger partial charge on any atom is -0.481 e. The fraction of sp³-hybridized carbons (Fsp3) is 0.750. The number of rotatable bonds is 5. The zero-order valence-electron chi connectivity index (χ0n) is 11.0. The van der Waals surface area contributed by atoms with E-state index in [0.717, 1.165) is 12.8 Å². The summed E-state index contributed by atoms with van der Waals surface area (Å²) in [5.74, 6) is -3.21. The molecule has 1 saturated carbocycles. The summed E-state index contributed by atoms with van der Waals surface area (Å²) in [7, 11) is 0. The van der Waals surface area contributed by atoms with Gasteiger partial charge in [-0.2, -0.15) is 0 Å². The van der Waals surface area contributed by atoms with Gasteiger partial charge < -0.3 is 10.0 Å². The van der Waals surface area contributed by atoms with Crippen LogP contribution in [0.2, 0.25) is 0 Å². The van der Waals surface area contributed by atoms with Crippen molar-refractivity contribution < 1.29 is 24.7 Å². The quantitative estimate of drug-likeness (QED) is 0.490. The maximum absolute atomic E-state index is 12.3. The highest BCUT2D eigenvalue weighted by Crippen LogP contribution is 2.31. The van der Waals surface area contributed by atoms with Crippen LogP contribution >= 0.6 is 0 Å². The topological polar surface area (TPSA) is 107 Å². The molecule has 0 bridgehead atoms. The average Bonchev–Trinajstić information content (AvgIpc) is 2.43. The average molecular weight is 272 g/mol. The minimum atomic E-state index is -0.958. The molecule has 0 saturated heterocycles. The van der Waals surface area contributed by atoms with Gasteiger partial charge in [-0.25, -0.2) is 5.48 Å². The molecule has 1 aliphatic rings. The Bertz CT molecular complexity index is 358. The SMILES string of the molecule is CCN(CC(=O)NO)C(=O)[C@H]1CCCC[C@@H]1C(=O)O. The largest absolute Gasteiger partial charge is 0.481 e. The van der Waals surface area contributed by atoms with Crippen LogP contribution in [0, 0.1) is 11.8 Å². The molecular weight excluding hydrogens is 252 g/mol. The van der Waals surface area contributed by atoms with E-state index in [9.17, 15) is 14.4 Å². The Hall–Kier alpha value is -1.63. The highest BCUT2D eigenvalue weighted by atomic mass is 16.5. The fourth-order valence-corrected chi connectivity index (χ4v) is 2.51. The standard InChI is InChI=1S/C12H20N2O5/c1-2-14(7-10(15)13-19)11(16)8-5-3-4-6-9(8)12(17)18/h8-9,19H,2-7H2,1H3,(H,13,15)(H,17,18)/t8-,9-/m0/s1. The van der Waals surface area contributed by atoms with Crippen LogP contribution in [0.25, 0.3) is 0 Å². The van der Waals surface area contributed by atoms with E-state index in [4.69, 9.17) is 10.3 Å². The van der Waals surface area contributed by atoms with Crippen LogP contribution in [0.3, 0.4) is 0 Å². The number of amides is 2. The van der Waals surface area contributed by atoms with Crippen molar-refractivity contribution in [1.29, 1.82) is 0 Å². The van der Waals surface area contributed by atoms with E-state index < -0.39 is 23.7 Å². The molecule has 0 aliphatic heterocycles. The summed E-state index contributed by atoms with van der Waals surface area (Å²) in [4.78, 5) is 35.9. The van der Waals surface area contributed by atoms with Crippen LogP contribution in [0.5, 0.6) is 0 Å². The van der Waals surface area contributed by atoms with E-state index in [1.807, 2.05) is 0 Å². The summed E-state index contributed by atoms with van der Waals surface area (Å²) in [5.41, 5.74) is 1.47. The molecule has 2 atom stereocenters. The Morgan fingerprint density at radius 1 is 1.21 bits per heavy atom. The molecule has 2 amide bonds. The van der Waals surface area contributed by atoms with E-state index in [-0.39, 0.29) is 12.5 Å². The lowest BCUT2D eigenvalue weighted by Gasteiger charge is -2.31. The molecule has 19 heavy (non-hydrogen) atoms. The third kappa shape index (κ3) is 3.92. The Morgan fingerprint density at radius 3 is 2.26 bits per heavy atom. The van der Waals surface area contributed by atoms with Crippen LogP contribution in [-0.4, -0.2) is 46.1 Å². The smallest absolute Gasteiger partial charge is 0.307 e. The molecule has 1 rings (SSSR count). The Balaban J connectivity index is 2.76. The van der Waals surface area contributed by atoms with E-state index in [1.165, 1.54) is 10.4 Å². The predicted molar refractivity (Wildman–Crippen MR) is 65.3 cm³/mol. The van der Waals surface area contributed by atoms with E-state index in [0.29, 0.717) is 19.4 Å². The second kappa shape index (κ2) is 7.08. The lowest BCUT2D eigenvalue weighted by Crippen LogP contribution is -2.46. The normalized spacial score (nSPS) is 22.6. The predicted octanol–water partition coefficient (Wildman–Crippen LogP) is 0.231. The van der Waals surface area contributed by atoms with Gasteiger partial charge in [0.2, 0.25) is 5.91 Å². The number of carbonyl (C=O) groups is 3. The molecule has 0 heterocycles. The third-order valence-electron chi connectivity index (χ3n) is 3.55. The summed E-state index contributed by atoms with van der Waals surface area (Å²) in [6.45, 7) is 1.75. The first kappa shape index (κ1) is 15.4. The van der Waals surface area contributed by atoms with Crippen molar-refractivity contribution in [3.63, 3.8) is 0 Å². The summed E-state index contributed by atoms with van der Waals surface area (Å²) in [6, 6.07) is 0. The molecule has 0 radical (unpaired) electrons. The van der Waals surface area contributed by atoms with E-state index in [1.54, 1.807) is 6.92 Å². The second-order valence-electron chi connectivity index (χ2n) is 4.72. The van der Waals surface area contributed by atoms with Crippen molar-refractivity contribution in [2.45, 2.75) is 32.6 Å². The van der Waals surface area contributed by atoms with Gasteiger partial charge >= 0.3 is 5.97 Å². The van der Waals surface area contributed by atoms with Gasteiger partial charge in [0.25, 0.3) is 5.91 Å². The number of aliphatic carboxylic acids is 1. The van der Waals surface area contributed by atoms with Crippen molar-refractivity contribution in [3.8, 4) is 0 Å². The highest BCUT2D eigenvalue weighted by Gasteiger charge is 2.37. The number of carbonyl (C=O) groups excluding carboxylic acids is 2. The van der Waals surface area contributed by atoms with Crippen LogP contribution in [-0.2, 0) is 14.4 Å².